The fourth-order valence-electron chi connectivity index (χ4n) is 1.06. The van der Waals surface area contributed by atoms with Crippen molar-refractivity contribution in [3.05, 3.63) is 29.6 Å². The van der Waals surface area contributed by atoms with Crippen molar-refractivity contribution in [1.82, 2.24) is 0 Å². The molecule has 0 atom stereocenters. The highest BCUT2D eigenvalue weighted by molar-refractivity contribution is 5.99. The minimum atomic E-state index is -3.02. The number of nitrogens with one attached hydrogen (secondary N) is 1. The average molecular weight is 203 g/mol. The average Bonchev–Trinajstić information content (AvgIpc) is 2.01. The van der Waals surface area contributed by atoms with Crippen LogP contribution >= 0.6 is 0 Å². The first kappa shape index (κ1) is 10.6. The second kappa shape index (κ2) is 4.13. The van der Waals surface area contributed by atoms with Crippen LogP contribution in [0.3, 0.4) is 0 Å². The zero-order chi connectivity index (χ0) is 10.7. The van der Waals surface area contributed by atoms with Crippen molar-refractivity contribution in [3.63, 3.8) is 0 Å². The maximum Gasteiger partial charge on any atom is 0.387 e. The molecule has 14 heavy (non-hydrogen) atoms. The molecule has 1 N–H and O–H groups in total. The van der Waals surface area contributed by atoms with E-state index in [-0.39, 0.29) is 17.0 Å². The van der Waals surface area contributed by atoms with Gasteiger partial charge in [0.15, 0.2) is 0 Å². The number of hydrogen-bond donors (Lipinski definition) is 1. The Balaban J connectivity index is 3.14. The second-order valence-corrected chi connectivity index (χ2v) is 2.62. The standard InChI is InChI=1S/C9H8F3NO/c1-5(13)8-6(10)3-2-4-7(8)14-9(11)12/h2-4,9,13H,1H3. The summed E-state index contributed by atoms with van der Waals surface area (Å²) in [6.45, 7) is -1.72. The summed E-state index contributed by atoms with van der Waals surface area (Å²) in [5.41, 5.74) is -0.383. The summed E-state index contributed by atoms with van der Waals surface area (Å²) < 4.78 is 40.9. The van der Waals surface area contributed by atoms with Gasteiger partial charge in [-0.1, -0.05) is 6.07 Å². The Hall–Kier alpha value is -1.52. The molecule has 76 valence electrons. The van der Waals surface area contributed by atoms with Crippen LogP contribution in [0.4, 0.5) is 13.2 Å². The molecule has 0 saturated carbocycles. The molecule has 0 radical (unpaired) electrons. The van der Waals surface area contributed by atoms with E-state index in [1.165, 1.54) is 19.1 Å². The lowest BCUT2D eigenvalue weighted by atomic mass is 10.1. The molecule has 0 aromatic heterocycles. The molecule has 0 aliphatic rings. The molecule has 1 aromatic carbocycles. The summed E-state index contributed by atoms with van der Waals surface area (Å²) in [5, 5.41) is 7.20. The Kier molecular flexibility index (Phi) is 3.11. The van der Waals surface area contributed by atoms with Gasteiger partial charge in [0.25, 0.3) is 0 Å². The molecule has 0 saturated heterocycles. The Morgan fingerprint density at radius 2 is 2.07 bits per heavy atom. The maximum absolute atomic E-state index is 13.1. The van der Waals surface area contributed by atoms with Crippen molar-refractivity contribution in [2.75, 3.05) is 0 Å². The molecule has 0 aliphatic heterocycles. The highest BCUT2D eigenvalue weighted by atomic mass is 19.3. The zero-order valence-corrected chi connectivity index (χ0v) is 7.35. The van der Waals surface area contributed by atoms with E-state index in [9.17, 15) is 13.2 Å². The Bertz CT molecular complexity index is 352. The first-order chi connectivity index (χ1) is 6.52. The van der Waals surface area contributed by atoms with Crippen molar-refractivity contribution in [2.24, 2.45) is 0 Å². The number of benzene rings is 1. The van der Waals surface area contributed by atoms with Gasteiger partial charge in [-0.3, -0.25) is 0 Å². The van der Waals surface area contributed by atoms with E-state index in [0.29, 0.717) is 0 Å². The van der Waals surface area contributed by atoms with E-state index >= 15 is 0 Å². The van der Waals surface area contributed by atoms with Crippen molar-refractivity contribution in [1.29, 1.82) is 5.41 Å². The van der Waals surface area contributed by atoms with Crippen molar-refractivity contribution >= 4 is 5.71 Å². The highest BCUT2D eigenvalue weighted by Crippen LogP contribution is 2.23. The summed E-state index contributed by atoms with van der Waals surface area (Å²) in [7, 11) is 0. The lowest BCUT2D eigenvalue weighted by Crippen LogP contribution is -2.08. The van der Waals surface area contributed by atoms with Gasteiger partial charge in [0.05, 0.1) is 5.56 Å². The smallest absolute Gasteiger partial charge is 0.387 e. The summed E-state index contributed by atoms with van der Waals surface area (Å²) in [6, 6.07) is 3.54. The molecular weight excluding hydrogens is 195 g/mol. The van der Waals surface area contributed by atoms with Crippen LogP contribution < -0.4 is 4.74 Å². The third kappa shape index (κ3) is 2.25. The van der Waals surface area contributed by atoms with Gasteiger partial charge in [0.1, 0.15) is 11.6 Å². The lowest BCUT2D eigenvalue weighted by Gasteiger charge is -2.09. The monoisotopic (exact) mass is 203 g/mol. The molecule has 0 unspecified atom stereocenters. The Labute approximate surface area is 78.8 Å². The normalized spacial score (nSPS) is 10.4. The number of halogens is 3. The predicted octanol–water partition coefficient (Wildman–Crippen LogP) is 2.81. The fraction of sp³-hybridized carbons (Fsp3) is 0.222. The van der Waals surface area contributed by atoms with Gasteiger partial charge in [-0.25, -0.2) is 4.39 Å². The first-order valence-electron chi connectivity index (χ1n) is 3.81. The summed E-state index contributed by atoms with van der Waals surface area (Å²) in [5.74, 6) is -1.05. The van der Waals surface area contributed by atoms with Crippen LogP contribution in [0.1, 0.15) is 12.5 Å². The largest absolute Gasteiger partial charge is 0.434 e. The Morgan fingerprint density at radius 1 is 1.43 bits per heavy atom. The molecule has 1 rings (SSSR count). The second-order valence-electron chi connectivity index (χ2n) is 2.62. The highest BCUT2D eigenvalue weighted by Gasteiger charge is 2.14. The minimum Gasteiger partial charge on any atom is -0.434 e. The molecule has 5 heteroatoms. The van der Waals surface area contributed by atoms with Crippen molar-refractivity contribution in [2.45, 2.75) is 13.5 Å². The van der Waals surface area contributed by atoms with Crippen LogP contribution in [0, 0.1) is 11.2 Å². The summed E-state index contributed by atoms with van der Waals surface area (Å²) >= 11 is 0. The molecule has 0 spiro atoms. The third-order valence-corrected chi connectivity index (χ3v) is 1.57. The van der Waals surface area contributed by atoms with Gasteiger partial charge in [-0.2, -0.15) is 8.78 Å². The summed E-state index contributed by atoms with van der Waals surface area (Å²) in [6.07, 6.45) is 0. The third-order valence-electron chi connectivity index (χ3n) is 1.57. The van der Waals surface area contributed by atoms with Gasteiger partial charge in [0, 0.05) is 5.71 Å². The molecule has 0 aliphatic carbocycles. The molecule has 1 aromatic rings. The van der Waals surface area contributed by atoms with Crippen LogP contribution in [0.15, 0.2) is 18.2 Å². The van der Waals surface area contributed by atoms with Crippen molar-refractivity contribution < 1.29 is 17.9 Å². The molecule has 2 nitrogen and oxygen atoms in total. The molecular formula is C9H8F3NO. The first-order valence-corrected chi connectivity index (χ1v) is 3.81. The molecule has 0 fully saturated rings. The molecule has 0 amide bonds. The van der Waals surface area contributed by atoms with Gasteiger partial charge in [-0.15, -0.1) is 0 Å². The SMILES string of the molecule is CC(=N)c1c(F)cccc1OC(F)F. The van der Waals surface area contributed by atoms with E-state index < -0.39 is 12.4 Å². The van der Waals surface area contributed by atoms with Crippen molar-refractivity contribution in [3.8, 4) is 5.75 Å². The topological polar surface area (TPSA) is 33.1 Å². The van der Waals surface area contributed by atoms with E-state index in [0.717, 1.165) is 6.07 Å². The van der Waals surface area contributed by atoms with E-state index in [2.05, 4.69) is 4.74 Å². The van der Waals surface area contributed by atoms with E-state index in [4.69, 9.17) is 5.41 Å². The molecule has 0 heterocycles. The van der Waals surface area contributed by atoms with E-state index in [1.54, 1.807) is 0 Å². The van der Waals surface area contributed by atoms with Crippen LogP contribution in [-0.4, -0.2) is 12.3 Å². The van der Waals surface area contributed by atoms with Gasteiger partial charge in [0.2, 0.25) is 0 Å². The maximum atomic E-state index is 13.1. The van der Waals surface area contributed by atoms with Crippen LogP contribution in [0.5, 0.6) is 5.75 Å². The minimum absolute atomic E-state index is 0.154. The van der Waals surface area contributed by atoms with Gasteiger partial charge >= 0.3 is 6.61 Å². The van der Waals surface area contributed by atoms with Crippen LogP contribution in [-0.2, 0) is 0 Å². The number of hydrogen-bond acceptors (Lipinski definition) is 2. The number of alkyl halides is 2. The fourth-order valence-corrected chi connectivity index (χ4v) is 1.06. The van der Waals surface area contributed by atoms with Crippen LogP contribution in [0.25, 0.3) is 0 Å². The van der Waals surface area contributed by atoms with Gasteiger partial charge in [-0.05, 0) is 19.1 Å². The van der Waals surface area contributed by atoms with E-state index in [1.807, 2.05) is 0 Å². The quantitative estimate of drug-likeness (QED) is 0.753. The zero-order valence-electron chi connectivity index (χ0n) is 7.35. The van der Waals surface area contributed by atoms with Gasteiger partial charge < -0.3 is 10.1 Å². The summed E-state index contributed by atoms with van der Waals surface area (Å²) in [4.78, 5) is 0. The predicted molar refractivity (Wildman–Crippen MR) is 45.5 cm³/mol. The Morgan fingerprint density at radius 3 is 2.57 bits per heavy atom. The molecule has 0 bridgehead atoms. The number of rotatable bonds is 3. The number of ether oxygens (including phenoxy) is 1. The van der Waals surface area contributed by atoms with Crippen LogP contribution in [0.2, 0.25) is 0 Å². The lowest BCUT2D eigenvalue weighted by molar-refractivity contribution is -0.0501.